The SMILES string of the molecule is C[C@@H](NC(=O)Nc1ccc(Cl)c(Cl)c1)[C@H](c1ccccc1)N1CCOCC1. The van der Waals surface area contributed by atoms with E-state index in [1.807, 2.05) is 25.1 Å². The normalized spacial score (nSPS) is 17.1. The molecule has 0 aliphatic carbocycles. The van der Waals surface area contributed by atoms with Crippen molar-refractivity contribution in [1.29, 1.82) is 0 Å². The van der Waals surface area contributed by atoms with Crippen molar-refractivity contribution in [3.63, 3.8) is 0 Å². The Bertz CT molecular complexity index is 767. The molecule has 1 fully saturated rings. The van der Waals surface area contributed by atoms with Crippen molar-refractivity contribution in [2.24, 2.45) is 0 Å². The van der Waals surface area contributed by atoms with Gasteiger partial charge in [-0.15, -0.1) is 0 Å². The molecule has 0 radical (unpaired) electrons. The molecule has 144 valence electrons. The van der Waals surface area contributed by atoms with Crippen LogP contribution >= 0.6 is 23.2 Å². The van der Waals surface area contributed by atoms with Crippen LogP contribution in [0.1, 0.15) is 18.5 Å². The zero-order valence-electron chi connectivity index (χ0n) is 15.1. The summed E-state index contributed by atoms with van der Waals surface area (Å²) < 4.78 is 5.48. The van der Waals surface area contributed by atoms with Gasteiger partial charge in [-0.05, 0) is 30.7 Å². The summed E-state index contributed by atoms with van der Waals surface area (Å²) in [6.45, 7) is 5.08. The van der Waals surface area contributed by atoms with E-state index in [9.17, 15) is 4.79 Å². The van der Waals surface area contributed by atoms with Crippen molar-refractivity contribution in [3.05, 3.63) is 64.1 Å². The quantitative estimate of drug-likeness (QED) is 0.762. The smallest absolute Gasteiger partial charge is 0.319 e. The number of rotatable bonds is 5. The van der Waals surface area contributed by atoms with E-state index in [4.69, 9.17) is 27.9 Å². The molecule has 1 aliphatic heterocycles. The van der Waals surface area contributed by atoms with Gasteiger partial charge in [0.15, 0.2) is 0 Å². The third-order valence-corrected chi connectivity index (χ3v) is 5.33. The van der Waals surface area contributed by atoms with E-state index in [1.54, 1.807) is 18.2 Å². The molecule has 7 heteroatoms. The van der Waals surface area contributed by atoms with Crippen LogP contribution in [0.5, 0.6) is 0 Å². The first-order valence-electron chi connectivity index (χ1n) is 8.94. The highest BCUT2D eigenvalue weighted by atomic mass is 35.5. The Kier molecular flexibility index (Phi) is 6.96. The molecule has 1 saturated heterocycles. The number of anilines is 1. The zero-order valence-corrected chi connectivity index (χ0v) is 16.6. The number of morpholine rings is 1. The molecule has 5 nitrogen and oxygen atoms in total. The maximum Gasteiger partial charge on any atom is 0.319 e. The minimum atomic E-state index is -0.282. The van der Waals surface area contributed by atoms with E-state index in [2.05, 4.69) is 27.7 Å². The van der Waals surface area contributed by atoms with Crippen LogP contribution in [0.2, 0.25) is 10.0 Å². The fourth-order valence-corrected chi connectivity index (χ4v) is 3.65. The Morgan fingerprint density at radius 3 is 2.44 bits per heavy atom. The van der Waals surface area contributed by atoms with Crippen LogP contribution in [0.4, 0.5) is 10.5 Å². The number of hydrogen-bond donors (Lipinski definition) is 2. The zero-order chi connectivity index (χ0) is 19.2. The Hall–Kier alpha value is -1.79. The van der Waals surface area contributed by atoms with Crippen molar-refractivity contribution in [2.75, 3.05) is 31.6 Å². The highest BCUT2D eigenvalue weighted by molar-refractivity contribution is 6.42. The second-order valence-electron chi connectivity index (χ2n) is 6.52. The lowest BCUT2D eigenvalue weighted by Gasteiger charge is -2.38. The van der Waals surface area contributed by atoms with Gasteiger partial charge in [0.2, 0.25) is 0 Å². The highest BCUT2D eigenvalue weighted by Gasteiger charge is 2.28. The molecule has 0 aromatic heterocycles. The van der Waals surface area contributed by atoms with Gasteiger partial charge in [0.1, 0.15) is 0 Å². The fourth-order valence-electron chi connectivity index (χ4n) is 3.35. The highest BCUT2D eigenvalue weighted by Crippen LogP contribution is 2.27. The minimum Gasteiger partial charge on any atom is -0.379 e. The van der Waals surface area contributed by atoms with E-state index < -0.39 is 0 Å². The summed E-state index contributed by atoms with van der Waals surface area (Å²) in [5.74, 6) is 0. The summed E-state index contributed by atoms with van der Waals surface area (Å²) in [4.78, 5) is 14.8. The third kappa shape index (κ3) is 5.36. The lowest BCUT2D eigenvalue weighted by atomic mass is 9.98. The van der Waals surface area contributed by atoms with Crippen LogP contribution in [-0.2, 0) is 4.74 Å². The van der Waals surface area contributed by atoms with Crippen LogP contribution in [0.25, 0.3) is 0 Å². The largest absolute Gasteiger partial charge is 0.379 e. The van der Waals surface area contributed by atoms with Crippen molar-refractivity contribution in [3.8, 4) is 0 Å². The van der Waals surface area contributed by atoms with Crippen LogP contribution in [0, 0.1) is 0 Å². The van der Waals surface area contributed by atoms with Crippen LogP contribution in [0.15, 0.2) is 48.5 Å². The molecular weight excluding hydrogens is 385 g/mol. The maximum absolute atomic E-state index is 12.5. The number of carbonyl (C=O) groups excluding carboxylic acids is 1. The van der Waals surface area contributed by atoms with Gasteiger partial charge in [0.05, 0.1) is 29.3 Å². The van der Waals surface area contributed by atoms with Gasteiger partial charge in [-0.2, -0.15) is 0 Å². The molecule has 2 amide bonds. The molecule has 27 heavy (non-hydrogen) atoms. The molecule has 0 spiro atoms. The van der Waals surface area contributed by atoms with E-state index in [0.29, 0.717) is 28.9 Å². The summed E-state index contributed by atoms with van der Waals surface area (Å²) in [6.07, 6.45) is 0. The Morgan fingerprint density at radius 2 is 1.78 bits per heavy atom. The number of amides is 2. The lowest BCUT2D eigenvalue weighted by Crippen LogP contribution is -2.49. The number of halogens is 2. The first-order valence-corrected chi connectivity index (χ1v) is 9.69. The Morgan fingerprint density at radius 1 is 1.07 bits per heavy atom. The maximum atomic E-state index is 12.5. The van der Waals surface area contributed by atoms with Gasteiger partial charge in [0.25, 0.3) is 0 Å². The van der Waals surface area contributed by atoms with Crippen LogP contribution in [0.3, 0.4) is 0 Å². The Balaban J connectivity index is 1.70. The van der Waals surface area contributed by atoms with Crippen LogP contribution in [-0.4, -0.2) is 43.3 Å². The summed E-state index contributed by atoms with van der Waals surface area (Å²) in [6, 6.07) is 14.9. The van der Waals surface area contributed by atoms with Crippen LogP contribution < -0.4 is 10.6 Å². The molecule has 2 N–H and O–H groups in total. The first kappa shape index (κ1) is 20.0. The molecule has 1 aliphatic rings. The Labute approximate surface area is 169 Å². The predicted octanol–water partition coefficient (Wildman–Crippen LogP) is 4.58. The molecule has 3 rings (SSSR count). The summed E-state index contributed by atoms with van der Waals surface area (Å²) in [5, 5.41) is 6.72. The topological polar surface area (TPSA) is 53.6 Å². The molecule has 0 bridgehead atoms. The molecule has 2 aromatic carbocycles. The molecule has 2 aromatic rings. The van der Waals surface area contributed by atoms with Gasteiger partial charge in [-0.1, -0.05) is 53.5 Å². The van der Waals surface area contributed by atoms with Crippen molar-refractivity contribution < 1.29 is 9.53 Å². The van der Waals surface area contributed by atoms with Gasteiger partial charge in [-0.25, -0.2) is 4.79 Å². The summed E-state index contributed by atoms with van der Waals surface area (Å²) in [7, 11) is 0. The molecule has 0 saturated carbocycles. The molecule has 0 unspecified atom stereocenters. The summed E-state index contributed by atoms with van der Waals surface area (Å²) in [5.41, 5.74) is 1.76. The van der Waals surface area contributed by atoms with Crippen molar-refractivity contribution in [2.45, 2.75) is 19.0 Å². The number of nitrogens with one attached hydrogen (secondary N) is 2. The molecule has 1 heterocycles. The number of carbonyl (C=O) groups is 1. The number of benzene rings is 2. The minimum absolute atomic E-state index is 0.0645. The van der Waals surface area contributed by atoms with Crippen molar-refractivity contribution >= 4 is 34.9 Å². The monoisotopic (exact) mass is 407 g/mol. The van der Waals surface area contributed by atoms with E-state index >= 15 is 0 Å². The molecular formula is C20H23Cl2N3O2. The van der Waals surface area contributed by atoms with Gasteiger partial charge >= 0.3 is 6.03 Å². The fraction of sp³-hybridized carbons (Fsp3) is 0.350. The standard InChI is InChI=1S/C20H23Cl2N3O2/c1-14(23-20(26)24-16-7-8-17(21)18(22)13-16)19(15-5-3-2-4-6-15)25-9-11-27-12-10-25/h2-8,13-14,19H,9-12H2,1H3,(H2,23,24,26)/t14-,19-/m1/s1. The second-order valence-corrected chi connectivity index (χ2v) is 7.33. The number of urea groups is 1. The van der Waals surface area contributed by atoms with Gasteiger partial charge in [-0.3, -0.25) is 4.90 Å². The first-order chi connectivity index (χ1) is 13.0. The predicted molar refractivity (Wildman–Crippen MR) is 110 cm³/mol. The second kappa shape index (κ2) is 9.42. The number of ether oxygens (including phenoxy) is 1. The lowest BCUT2D eigenvalue weighted by molar-refractivity contribution is 0.00974. The van der Waals surface area contributed by atoms with Crippen molar-refractivity contribution in [1.82, 2.24) is 10.2 Å². The van der Waals surface area contributed by atoms with E-state index in [1.165, 1.54) is 5.56 Å². The number of hydrogen-bond acceptors (Lipinski definition) is 3. The van der Waals surface area contributed by atoms with Gasteiger partial charge < -0.3 is 15.4 Å². The van der Waals surface area contributed by atoms with Gasteiger partial charge in [0, 0.05) is 24.8 Å². The summed E-state index contributed by atoms with van der Waals surface area (Å²) >= 11 is 11.9. The molecule has 2 atom stereocenters. The van der Waals surface area contributed by atoms with E-state index in [0.717, 1.165) is 13.1 Å². The van der Waals surface area contributed by atoms with E-state index in [-0.39, 0.29) is 18.1 Å². The average Bonchev–Trinajstić information content (AvgIpc) is 2.66. The average molecular weight is 408 g/mol. The third-order valence-electron chi connectivity index (χ3n) is 4.59. The number of nitrogens with zero attached hydrogens (tertiary/aromatic N) is 1.